The van der Waals surface area contributed by atoms with E-state index in [2.05, 4.69) is 4.98 Å². The van der Waals surface area contributed by atoms with Gasteiger partial charge in [-0.25, -0.2) is 14.6 Å². The van der Waals surface area contributed by atoms with Crippen LogP contribution < -0.4 is 20.1 Å². The normalized spacial score (nSPS) is 16.3. The Bertz CT molecular complexity index is 1330. The van der Waals surface area contributed by atoms with E-state index < -0.39 is 23.2 Å². The van der Waals surface area contributed by atoms with E-state index in [0.717, 1.165) is 6.42 Å². The van der Waals surface area contributed by atoms with Crippen LogP contribution in [0.3, 0.4) is 0 Å². The van der Waals surface area contributed by atoms with E-state index >= 15 is 0 Å². The number of carbonyl (C=O) groups is 3. The standard InChI is InChI=1S/C27H37N5O8/c1-6-7-12-39-22-21(25(35)37-5)28-23-19(15-18(16-32(23)24(22)34)29-10-13-38-14-11-29)31-9-8-30(17-20(31)33)26(36)40-27(2,3)4/h15-16H,6-14,17H2,1-5H3. The zero-order valence-corrected chi connectivity index (χ0v) is 23.7. The molecule has 0 radical (unpaired) electrons. The van der Waals surface area contributed by atoms with Crippen LogP contribution in [-0.4, -0.2) is 97.5 Å². The molecule has 0 aliphatic carbocycles. The highest BCUT2D eigenvalue weighted by Gasteiger charge is 2.33. The molecule has 218 valence electrons. The van der Waals surface area contributed by atoms with Crippen molar-refractivity contribution in [3.8, 4) is 5.75 Å². The number of morpholine rings is 1. The molecule has 2 fully saturated rings. The number of nitrogens with zero attached hydrogens (tertiary/aromatic N) is 5. The van der Waals surface area contributed by atoms with Crippen LogP contribution in [0.25, 0.3) is 5.65 Å². The maximum atomic E-state index is 13.8. The van der Waals surface area contributed by atoms with E-state index in [1.54, 1.807) is 33.0 Å². The van der Waals surface area contributed by atoms with E-state index in [1.165, 1.54) is 21.3 Å². The lowest BCUT2D eigenvalue weighted by Gasteiger charge is -2.36. The Labute approximate surface area is 232 Å². The molecular weight excluding hydrogens is 522 g/mol. The third kappa shape index (κ3) is 6.30. The number of ether oxygens (including phenoxy) is 4. The van der Waals surface area contributed by atoms with Crippen LogP contribution in [-0.2, 0) is 19.0 Å². The number of pyridine rings is 1. The van der Waals surface area contributed by atoms with Crippen molar-refractivity contribution in [2.24, 2.45) is 0 Å². The highest BCUT2D eigenvalue weighted by Crippen LogP contribution is 2.30. The Balaban J connectivity index is 1.81. The van der Waals surface area contributed by atoms with E-state index in [9.17, 15) is 19.2 Å². The summed E-state index contributed by atoms with van der Waals surface area (Å²) in [5.41, 5.74) is -0.430. The van der Waals surface area contributed by atoms with Gasteiger partial charge in [0.05, 0.1) is 38.3 Å². The summed E-state index contributed by atoms with van der Waals surface area (Å²) in [6, 6.07) is 1.77. The molecule has 13 nitrogen and oxygen atoms in total. The van der Waals surface area contributed by atoms with Gasteiger partial charge in [-0.05, 0) is 33.3 Å². The molecule has 0 atom stereocenters. The van der Waals surface area contributed by atoms with Crippen LogP contribution in [0, 0.1) is 0 Å². The second-order valence-corrected chi connectivity index (χ2v) is 10.6. The van der Waals surface area contributed by atoms with E-state index in [1.807, 2.05) is 11.8 Å². The minimum atomic E-state index is -0.824. The first kappa shape index (κ1) is 29.1. The molecule has 2 saturated heterocycles. The summed E-state index contributed by atoms with van der Waals surface area (Å²) in [7, 11) is 1.20. The van der Waals surface area contributed by atoms with Crippen molar-refractivity contribution in [1.29, 1.82) is 0 Å². The Hall–Kier alpha value is -3.87. The number of hydrogen-bond donors (Lipinski definition) is 0. The summed E-state index contributed by atoms with van der Waals surface area (Å²) in [4.78, 5) is 61.9. The van der Waals surface area contributed by atoms with Gasteiger partial charge < -0.3 is 28.7 Å². The van der Waals surface area contributed by atoms with Gasteiger partial charge in [0.1, 0.15) is 12.1 Å². The summed E-state index contributed by atoms with van der Waals surface area (Å²) < 4.78 is 22.9. The van der Waals surface area contributed by atoms with Crippen molar-refractivity contribution in [2.45, 2.75) is 46.1 Å². The highest BCUT2D eigenvalue weighted by atomic mass is 16.6. The molecule has 0 unspecified atom stereocenters. The Morgan fingerprint density at radius 2 is 1.82 bits per heavy atom. The van der Waals surface area contributed by atoms with Crippen LogP contribution in [0.1, 0.15) is 51.0 Å². The maximum absolute atomic E-state index is 13.8. The van der Waals surface area contributed by atoms with Gasteiger partial charge in [0.25, 0.3) is 0 Å². The predicted molar refractivity (Wildman–Crippen MR) is 146 cm³/mol. The predicted octanol–water partition coefficient (Wildman–Crippen LogP) is 2.08. The fourth-order valence-electron chi connectivity index (χ4n) is 4.48. The molecule has 4 rings (SSSR count). The molecule has 2 aromatic heterocycles. The molecule has 0 spiro atoms. The lowest BCUT2D eigenvalue weighted by atomic mass is 10.2. The van der Waals surface area contributed by atoms with E-state index in [4.69, 9.17) is 18.9 Å². The molecule has 0 aromatic carbocycles. The lowest BCUT2D eigenvalue weighted by molar-refractivity contribution is -0.121. The minimum absolute atomic E-state index is 0.101. The SMILES string of the molecule is CCCCOc1c(C(=O)OC)nc2c(N3CCN(C(=O)OC(C)(C)C)CC3=O)cc(N3CCOCC3)cn2c1=O. The summed E-state index contributed by atoms with van der Waals surface area (Å²) >= 11 is 0. The van der Waals surface area contributed by atoms with E-state index in [0.29, 0.717) is 44.1 Å². The van der Waals surface area contributed by atoms with Gasteiger partial charge in [-0.3, -0.25) is 18.9 Å². The van der Waals surface area contributed by atoms with Crippen LogP contribution in [0.5, 0.6) is 5.75 Å². The first-order valence-corrected chi connectivity index (χ1v) is 13.5. The summed E-state index contributed by atoms with van der Waals surface area (Å²) in [5.74, 6) is -1.41. The van der Waals surface area contributed by atoms with Crippen molar-refractivity contribution in [3.05, 3.63) is 28.3 Å². The number of anilines is 2. The molecule has 13 heteroatoms. The zero-order chi connectivity index (χ0) is 29.0. The number of fused-ring (bicyclic) bond motifs is 1. The number of hydrogen-bond acceptors (Lipinski definition) is 10. The number of esters is 1. The molecular formula is C27H37N5O8. The molecule has 2 aromatic rings. The second kappa shape index (κ2) is 12.1. The summed E-state index contributed by atoms with van der Waals surface area (Å²) in [5, 5.41) is 0. The third-order valence-electron chi connectivity index (χ3n) is 6.51. The van der Waals surface area contributed by atoms with Crippen molar-refractivity contribution in [1.82, 2.24) is 14.3 Å². The van der Waals surface area contributed by atoms with Crippen molar-refractivity contribution in [3.63, 3.8) is 0 Å². The minimum Gasteiger partial charge on any atom is -0.486 e. The molecule has 2 aliphatic heterocycles. The van der Waals surface area contributed by atoms with Crippen molar-refractivity contribution in [2.75, 3.05) is 69.5 Å². The quantitative estimate of drug-likeness (QED) is 0.367. The fourth-order valence-corrected chi connectivity index (χ4v) is 4.48. The molecule has 2 aliphatic rings. The topological polar surface area (TPSA) is 132 Å². The van der Waals surface area contributed by atoms with Crippen LogP contribution >= 0.6 is 0 Å². The average Bonchev–Trinajstić information content (AvgIpc) is 2.93. The van der Waals surface area contributed by atoms with Gasteiger partial charge in [-0.1, -0.05) is 13.3 Å². The number of amides is 2. The largest absolute Gasteiger partial charge is 0.486 e. The van der Waals surface area contributed by atoms with Crippen molar-refractivity contribution < 1.29 is 33.3 Å². The molecule has 0 N–H and O–H groups in total. The molecule has 2 amide bonds. The number of piperazine rings is 1. The zero-order valence-electron chi connectivity index (χ0n) is 23.7. The number of rotatable bonds is 7. The second-order valence-electron chi connectivity index (χ2n) is 10.6. The average molecular weight is 560 g/mol. The van der Waals surface area contributed by atoms with Gasteiger partial charge in [0, 0.05) is 32.4 Å². The van der Waals surface area contributed by atoms with Gasteiger partial charge in [0.15, 0.2) is 11.3 Å². The number of aromatic nitrogens is 2. The third-order valence-corrected chi connectivity index (χ3v) is 6.51. The van der Waals surface area contributed by atoms with Crippen LogP contribution in [0.2, 0.25) is 0 Å². The maximum Gasteiger partial charge on any atom is 0.410 e. The van der Waals surface area contributed by atoms with Gasteiger partial charge in [0.2, 0.25) is 11.7 Å². The van der Waals surface area contributed by atoms with Gasteiger partial charge in [-0.2, -0.15) is 0 Å². The number of methoxy groups -OCH3 is 1. The molecule has 40 heavy (non-hydrogen) atoms. The lowest BCUT2D eigenvalue weighted by Crippen LogP contribution is -2.53. The number of carbonyl (C=O) groups excluding carboxylic acids is 3. The Morgan fingerprint density at radius 1 is 1.10 bits per heavy atom. The van der Waals surface area contributed by atoms with Gasteiger partial charge in [-0.15, -0.1) is 0 Å². The van der Waals surface area contributed by atoms with E-state index in [-0.39, 0.29) is 49.2 Å². The number of unbranched alkanes of at least 4 members (excludes halogenated alkanes) is 1. The van der Waals surface area contributed by atoms with Crippen LogP contribution in [0.4, 0.5) is 16.2 Å². The molecule has 0 saturated carbocycles. The Kier molecular flexibility index (Phi) is 8.82. The Morgan fingerprint density at radius 3 is 2.45 bits per heavy atom. The molecule has 4 heterocycles. The van der Waals surface area contributed by atoms with Gasteiger partial charge >= 0.3 is 17.6 Å². The van der Waals surface area contributed by atoms with Crippen molar-refractivity contribution >= 4 is 35.0 Å². The highest BCUT2D eigenvalue weighted by molar-refractivity contribution is 6.01. The smallest absolute Gasteiger partial charge is 0.410 e. The fraction of sp³-hybridized carbons (Fsp3) is 0.593. The molecule has 0 bridgehead atoms. The summed E-state index contributed by atoms with van der Waals surface area (Å²) in [6.07, 6.45) is 2.56. The van der Waals surface area contributed by atoms with Crippen LogP contribution in [0.15, 0.2) is 17.1 Å². The first-order chi connectivity index (χ1) is 19.0. The summed E-state index contributed by atoms with van der Waals surface area (Å²) in [6.45, 7) is 9.83. The first-order valence-electron chi connectivity index (χ1n) is 13.5. The monoisotopic (exact) mass is 559 g/mol.